The van der Waals surface area contributed by atoms with Crippen molar-refractivity contribution in [1.29, 1.82) is 0 Å². The molecule has 2 heteroatoms. The summed E-state index contributed by atoms with van der Waals surface area (Å²) in [5, 5.41) is 1.13. The second-order valence-electron chi connectivity index (χ2n) is 2.52. The van der Waals surface area contributed by atoms with E-state index in [4.69, 9.17) is 5.73 Å². The second kappa shape index (κ2) is 6.56. The van der Waals surface area contributed by atoms with E-state index in [0.29, 0.717) is 6.04 Å². The highest BCUT2D eigenvalue weighted by molar-refractivity contribution is 9.09. The molecule has 1 atom stereocenters. The zero-order valence-electron chi connectivity index (χ0n) is 6.07. The zero-order valence-corrected chi connectivity index (χ0v) is 7.65. The summed E-state index contributed by atoms with van der Waals surface area (Å²) in [5.41, 5.74) is 5.56. The Morgan fingerprint density at radius 3 is 2.44 bits per heavy atom. The molecule has 0 aliphatic heterocycles. The van der Waals surface area contributed by atoms with Crippen LogP contribution in [0.3, 0.4) is 0 Å². The lowest BCUT2D eigenvalue weighted by molar-refractivity contribution is 0.594. The van der Waals surface area contributed by atoms with Gasteiger partial charge in [-0.15, -0.1) is 0 Å². The molecule has 0 fully saturated rings. The molecule has 0 spiro atoms. The topological polar surface area (TPSA) is 26.0 Å². The number of hydrogen-bond donors (Lipinski definition) is 1. The Bertz CT molecular complexity index is 54.9. The minimum atomic E-state index is 0.389. The lowest BCUT2D eigenvalue weighted by Crippen LogP contribution is -2.13. The van der Waals surface area contributed by atoms with Crippen molar-refractivity contribution in [2.75, 3.05) is 5.33 Å². The second-order valence-corrected chi connectivity index (χ2v) is 3.31. The summed E-state index contributed by atoms with van der Waals surface area (Å²) in [4.78, 5) is 0. The van der Waals surface area contributed by atoms with Gasteiger partial charge < -0.3 is 5.73 Å². The summed E-state index contributed by atoms with van der Waals surface area (Å²) in [6, 6.07) is 0.389. The molecule has 9 heavy (non-hydrogen) atoms. The van der Waals surface area contributed by atoms with Gasteiger partial charge in [-0.3, -0.25) is 0 Å². The van der Waals surface area contributed by atoms with Crippen molar-refractivity contribution in [3.8, 4) is 0 Å². The van der Waals surface area contributed by atoms with Gasteiger partial charge in [0.05, 0.1) is 0 Å². The van der Waals surface area contributed by atoms with Gasteiger partial charge in [0, 0.05) is 11.4 Å². The molecule has 1 unspecified atom stereocenters. The first kappa shape index (κ1) is 9.44. The number of alkyl halides is 1. The van der Waals surface area contributed by atoms with Crippen LogP contribution in [0.2, 0.25) is 0 Å². The van der Waals surface area contributed by atoms with E-state index < -0.39 is 0 Å². The van der Waals surface area contributed by atoms with E-state index in [1.807, 2.05) is 0 Å². The average Bonchev–Trinajstić information content (AvgIpc) is 1.80. The molecule has 0 heterocycles. The van der Waals surface area contributed by atoms with Crippen molar-refractivity contribution in [2.45, 2.75) is 38.6 Å². The summed E-state index contributed by atoms with van der Waals surface area (Å²) < 4.78 is 0. The standard InChI is InChI=1S/C7H16BrN/c1-7(9)5-3-2-4-6-8/h7H,2-6,9H2,1H3. The predicted octanol–water partition coefficient (Wildman–Crippen LogP) is 2.29. The Hall–Kier alpha value is 0.440. The van der Waals surface area contributed by atoms with Crippen molar-refractivity contribution >= 4 is 15.9 Å². The van der Waals surface area contributed by atoms with E-state index >= 15 is 0 Å². The lowest BCUT2D eigenvalue weighted by atomic mass is 10.1. The maximum atomic E-state index is 5.56. The van der Waals surface area contributed by atoms with Crippen molar-refractivity contribution in [3.63, 3.8) is 0 Å². The molecule has 0 saturated heterocycles. The van der Waals surface area contributed by atoms with Gasteiger partial charge in [-0.05, 0) is 19.8 Å². The fourth-order valence-electron chi connectivity index (χ4n) is 0.738. The summed E-state index contributed by atoms with van der Waals surface area (Å²) in [6.07, 6.45) is 5.05. The fraction of sp³-hybridized carbons (Fsp3) is 1.00. The molecule has 0 aromatic heterocycles. The lowest BCUT2D eigenvalue weighted by Gasteiger charge is -2.01. The molecule has 0 aromatic rings. The van der Waals surface area contributed by atoms with Crippen LogP contribution in [-0.2, 0) is 0 Å². The van der Waals surface area contributed by atoms with E-state index in [9.17, 15) is 0 Å². The van der Waals surface area contributed by atoms with Crippen LogP contribution < -0.4 is 5.73 Å². The third-order valence-corrected chi connectivity index (χ3v) is 1.85. The van der Waals surface area contributed by atoms with Gasteiger partial charge in [-0.2, -0.15) is 0 Å². The maximum Gasteiger partial charge on any atom is 0.00313 e. The minimum absolute atomic E-state index is 0.389. The molecule has 0 saturated carbocycles. The molecule has 0 amide bonds. The first-order valence-electron chi connectivity index (χ1n) is 3.59. The van der Waals surface area contributed by atoms with E-state index in [-0.39, 0.29) is 0 Å². The highest BCUT2D eigenvalue weighted by Gasteiger charge is 1.92. The third kappa shape index (κ3) is 8.44. The van der Waals surface area contributed by atoms with Crippen molar-refractivity contribution in [2.24, 2.45) is 5.73 Å². The van der Waals surface area contributed by atoms with Crippen LogP contribution in [0.25, 0.3) is 0 Å². The summed E-state index contributed by atoms with van der Waals surface area (Å²) in [5.74, 6) is 0. The number of halogens is 1. The van der Waals surface area contributed by atoms with E-state index in [1.165, 1.54) is 25.7 Å². The summed E-state index contributed by atoms with van der Waals surface area (Å²) >= 11 is 3.39. The molecule has 0 aliphatic carbocycles. The Morgan fingerprint density at radius 2 is 2.00 bits per heavy atom. The van der Waals surface area contributed by atoms with Crippen LogP contribution in [0, 0.1) is 0 Å². The first-order chi connectivity index (χ1) is 4.27. The highest BCUT2D eigenvalue weighted by Crippen LogP contribution is 2.02. The van der Waals surface area contributed by atoms with Gasteiger partial charge in [0.25, 0.3) is 0 Å². The third-order valence-electron chi connectivity index (χ3n) is 1.29. The van der Waals surface area contributed by atoms with Crippen LogP contribution in [-0.4, -0.2) is 11.4 Å². The van der Waals surface area contributed by atoms with Crippen LogP contribution in [0.5, 0.6) is 0 Å². The van der Waals surface area contributed by atoms with Gasteiger partial charge in [0.2, 0.25) is 0 Å². The minimum Gasteiger partial charge on any atom is -0.328 e. The Kier molecular flexibility index (Phi) is 6.88. The SMILES string of the molecule is CC(N)CCCCCBr. The molecule has 0 bridgehead atoms. The van der Waals surface area contributed by atoms with Crippen molar-refractivity contribution < 1.29 is 0 Å². The van der Waals surface area contributed by atoms with Gasteiger partial charge in [-0.25, -0.2) is 0 Å². The quantitative estimate of drug-likeness (QED) is 0.527. The Labute approximate surface area is 66.1 Å². The Balaban J connectivity index is 2.75. The van der Waals surface area contributed by atoms with Gasteiger partial charge in [-0.1, -0.05) is 28.8 Å². The van der Waals surface area contributed by atoms with Gasteiger partial charge >= 0.3 is 0 Å². The molecular formula is C7H16BrN. The van der Waals surface area contributed by atoms with Gasteiger partial charge in [0.15, 0.2) is 0 Å². The molecule has 0 aromatic carbocycles. The molecule has 0 radical (unpaired) electrons. The molecule has 0 rings (SSSR count). The molecule has 56 valence electrons. The van der Waals surface area contributed by atoms with E-state index in [1.54, 1.807) is 0 Å². The number of unbranched alkanes of at least 4 members (excludes halogenated alkanes) is 2. The number of nitrogens with two attached hydrogens (primary N) is 1. The summed E-state index contributed by atoms with van der Waals surface area (Å²) in [7, 11) is 0. The Morgan fingerprint density at radius 1 is 1.33 bits per heavy atom. The average molecular weight is 194 g/mol. The largest absolute Gasteiger partial charge is 0.328 e. The molecule has 0 aliphatic rings. The molecular weight excluding hydrogens is 178 g/mol. The van der Waals surface area contributed by atoms with E-state index in [0.717, 1.165) is 5.33 Å². The zero-order chi connectivity index (χ0) is 7.11. The van der Waals surface area contributed by atoms with Crippen LogP contribution in [0.15, 0.2) is 0 Å². The number of hydrogen-bond acceptors (Lipinski definition) is 1. The van der Waals surface area contributed by atoms with Crippen LogP contribution in [0.4, 0.5) is 0 Å². The van der Waals surface area contributed by atoms with Crippen LogP contribution >= 0.6 is 15.9 Å². The maximum absolute atomic E-state index is 5.56. The van der Waals surface area contributed by atoms with Crippen molar-refractivity contribution in [3.05, 3.63) is 0 Å². The molecule has 2 N–H and O–H groups in total. The smallest absolute Gasteiger partial charge is 0.00313 e. The molecule has 1 nitrogen and oxygen atoms in total. The fourth-order valence-corrected chi connectivity index (χ4v) is 1.13. The highest BCUT2D eigenvalue weighted by atomic mass is 79.9. The monoisotopic (exact) mass is 193 g/mol. The van der Waals surface area contributed by atoms with Gasteiger partial charge in [0.1, 0.15) is 0 Å². The number of rotatable bonds is 5. The first-order valence-corrected chi connectivity index (χ1v) is 4.71. The van der Waals surface area contributed by atoms with Crippen molar-refractivity contribution in [1.82, 2.24) is 0 Å². The predicted molar refractivity (Wildman–Crippen MR) is 45.9 cm³/mol. The van der Waals surface area contributed by atoms with E-state index in [2.05, 4.69) is 22.9 Å². The normalized spacial score (nSPS) is 13.7. The van der Waals surface area contributed by atoms with Crippen LogP contribution in [0.1, 0.15) is 32.6 Å². The summed E-state index contributed by atoms with van der Waals surface area (Å²) in [6.45, 7) is 2.06.